The van der Waals surface area contributed by atoms with E-state index in [0.717, 1.165) is 16.5 Å². The lowest BCUT2D eigenvalue weighted by molar-refractivity contribution is -0.113. The van der Waals surface area contributed by atoms with Crippen molar-refractivity contribution < 1.29 is 9.53 Å². The Bertz CT molecular complexity index is 1080. The van der Waals surface area contributed by atoms with Crippen molar-refractivity contribution in [3.05, 3.63) is 65.2 Å². The van der Waals surface area contributed by atoms with Crippen LogP contribution in [-0.2, 0) is 11.8 Å². The number of benzene rings is 2. The summed E-state index contributed by atoms with van der Waals surface area (Å²) in [6, 6.07) is 15.6. The van der Waals surface area contributed by atoms with Crippen LogP contribution < -0.4 is 9.64 Å². The Hall–Kier alpha value is -2.57. The highest BCUT2D eigenvalue weighted by Gasteiger charge is 2.35. The number of hydrogen-bond donors (Lipinski definition) is 0. The molecule has 1 aromatic heterocycles. The number of carbonyl (C=O) groups excluding carboxylic acids is 1. The van der Waals surface area contributed by atoms with Gasteiger partial charge in [-0.2, -0.15) is 0 Å². The molecule has 0 aliphatic carbocycles. The second-order valence-corrected chi connectivity index (χ2v) is 7.81. The summed E-state index contributed by atoms with van der Waals surface area (Å²) < 4.78 is 8.25. The maximum absolute atomic E-state index is 13.1. The fourth-order valence-corrected chi connectivity index (χ4v) is 4.50. The van der Waals surface area contributed by atoms with Crippen molar-refractivity contribution >= 4 is 56.9 Å². The number of anilines is 1. The normalized spacial score (nSPS) is 15.9. The molecule has 0 spiro atoms. The number of carbonyl (C=O) groups is 1. The van der Waals surface area contributed by atoms with Crippen molar-refractivity contribution in [1.82, 2.24) is 4.57 Å². The third-order valence-electron chi connectivity index (χ3n) is 4.41. The minimum absolute atomic E-state index is 0.120. The first-order valence-electron chi connectivity index (χ1n) is 8.64. The summed E-state index contributed by atoms with van der Waals surface area (Å²) >= 11 is 6.82. The van der Waals surface area contributed by atoms with E-state index in [-0.39, 0.29) is 5.91 Å². The average molecular weight is 395 g/mol. The highest BCUT2D eigenvalue weighted by Crippen LogP contribution is 2.40. The first-order chi connectivity index (χ1) is 13.1. The van der Waals surface area contributed by atoms with Gasteiger partial charge in [0.1, 0.15) is 5.75 Å². The fourth-order valence-electron chi connectivity index (χ4n) is 3.22. The zero-order chi connectivity index (χ0) is 19.0. The van der Waals surface area contributed by atoms with Crippen LogP contribution in [0.4, 0.5) is 5.69 Å². The molecular weight excluding hydrogens is 376 g/mol. The summed E-state index contributed by atoms with van der Waals surface area (Å²) in [4.78, 5) is 15.3. The number of nitrogens with zero attached hydrogens (tertiary/aromatic N) is 2. The predicted octanol–water partition coefficient (Wildman–Crippen LogP) is 4.98. The SMILES string of the molecule is CCOc1ccccc1N1C(=O)C(=Cc2cn(C)c3ccccc23)SC1=S. The second-order valence-electron chi connectivity index (χ2n) is 6.13. The summed E-state index contributed by atoms with van der Waals surface area (Å²) in [5.74, 6) is 0.535. The Labute approximate surface area is 167 Å². The van der Waals surface area contributed by atoms with E-state index in [9.17, 15) is 4.79 Å². The van der Waals surface area contributed by atoms with Gasteiger partial charge in [0, 0.05) is 29.7 Å². The van der Waals surface area contributed by atoms with Crippen molar-refractivity contribution in [3.8, 4) is 5.75 Å². The molecule has 4 nitrogen and oxygen atoms in total. The van der Waals surface area contributed by atoms with E-state index in [1.54, 1.807) is 4.90 Å². The molecule has 27 heavy (non-hydrogen) atoms. The molecule has 1 amide bonds. The third kappa shape index (κ3) is 3.15. The van der Waals surface area contributed by atoms with Crippen LogP contribution in [0.1, 0.15) is 12.5 Å². The number of aryl methyl sites for hydroxylation is 1. The molecule has 0 radical (unpaired) electrons. The number of thiocarbonyl (C=S) groups is 1. The van der Waals surface area contributed by atoms with Gasteiger partial charge in [0.05, 0.1) is 17.2 Å². The minimum atomic E-state index is -0.120. The van der Waals surface area contributed by atoms with Crippen molar-refractivity contribution in [2.75, 3.05) is 11.5 Å². The number of rotatable bonds is 4. The number of ether oxygens (including phenoxy) is 1. The zero-order valence-electron chi connectivity index (χ0n) is 15.0. The molecule has 1 aliphatic heterocycles. The molecule has 136 valence electrons. The average Bonchev–Trinajstić information content (AvgIpc) is 3.13. The Kier molecular flexibility index (Phi) is 4.76. The molecule has 0 saturated carbocycles. The van der Waals surface area contributed by atoms with E-state index < -0.39 is 0 Å². The quantitative estimate of drug-likeness (QED) is 0.462. The first kappa shape index (κ1) is 17.8. The monoisotopic (exact) mass is 394 g/mol. The maximum atomic E-state index is 13.1. The van der Waals surface area contributed by atoms with Crippen LogP contribution in [0.25, 0.3) is 17.0 Å². The number of thioether (sulfide) groups is 1. The van der Waals surface area contributed by atoms with Gasteiger partial charge < -0.3 is 9.30 Å². The second kappa shape index (κ2) is 7.21. The van der Waals surface area contributed by atoms with Gasteiger partial charge in [0.2, 0.25) is 0 Å². The molecule has 1 fully saturated rings. The third-order valence-corrected chi connectivity index (χ3v) is 5.72. The highest BCUT2D eigenvalue weighted by molar-refractivity contribution is 8.27. The Morgan fingerprint density at radius 3 is 2.70 bits per heavy atom. The molecule has 1 aliphatic rings. The standard InChI is InChI=1S/C21H18N2O2S2/c1-3-25-18-11-7-6-10-17(18)23-20(24)19(27-21(23)26)12-14-13-22(2)16-9-5-4-8-15(14)16/h4-13H,3H2,1-2H3. The van der Waals surface area contributed by atoms with Gasteiger partial charge in [-0.15, -0.1) is 0 Å². The lowest BCUT2D eigenvalue weighted by Crippen LogP contribution is -2.28. The van der Waals surface area contributed by atoms with Gasteiger partial charge in [-0.05, 0) is 31.2 Å². The van der Waals surface area contributed by atoms with E-state index in [0.29, 0.717) is 27.3 Å². The number of fused-ring (bicyclic) bond motifs is 1. The van der Waals surface area contributed by atoms with Gasteiger partial charge in [0.15, 0.2) is 4.32 Å². The molecular formula is C21H18N2O2S2. The van der Waals surface area contributed by atoms with Crippen molar-refractivity contribution in [3.63, 3.8) is 0 Å². The van der Waals surface area contributed by atoms with Crippen molar-refractivity contribution in [2.24, 2.45) is 7.05 Å². The summed E-state index contributed by atoms with van der Waals surface area (Å²) in [6.45, 7) is 2.44. The molecule has 1 saturated heterocycles. The summed E-state index contributed by atoms with van der Waals surface area (Å²) in [5, 5.41) is 1.11. The molecule has 0 atom stereocenters. The van der Waals surface area contributed by atoms with Gasteiger partial charge in [-0.1, -0.05) is 54.3 Å². The molecule has 3 aromatic rings. The number of aromatic nitrogens is 1. The largest absolute Gasteiger partial charge is 0.492 e. The Balaban J connectivity index is 1.74. The molecule has 2 heterocycles. The van der Waals surface area contributed by atoms with Gasteiger partial charge in [0.25, 0.3) is 5.91 Å². The van der Waals surface area contributed by atoms with Crippen molar-refractivity contribution in [1.29, 1.82) is 0 Å². The van der Waals surface area contributed by atoms with Gasteiger partial charge in [-0.25, -0.2) is 0 Å². The summed E-state index contributed by atoms with van der Waals surface area (Å²) in [7, 11) is 2.00. The van der Waals surface area contributed by atoms with E-state index in [1.807, 2.05) is 62.6 Å². The highest BCUT2D eigenvalue weighted by atomic mass is 32.2. The first-order valence-corrected chi connectivity index (χ1v) is 9.86. The molecule has 2 aromatic carbocycles. The van der Waals surface area contributed by atoms with Gasteiger partial charge >= 0.3 is 0 Å². The Morgan fingerprint density at radius 2 is 1.89 bits per heavy atom. The molecule has 4 rings (SSSR count). The lowest BCUT2D eigenvalue weighted by Gasteiger charge is -2.18. The number of hydrogen-bond acceptors (Lipinski definition) is 4. The molecule has 0 bridgehead atoms. The lowest BCUT2D eigenvalue weighted by atomic mass is 10.1. The van der Waals surface area contributed by atoms with Crippen LogP contribution in [0.15, 0.2) is 59.6 Å². The zero-order valence-corrected chi connectivity index (χ0v) is 16.6. The van der Waals surface area contributed by atoms with Crippen LogP contribution in [0, 0.1) is 0 Å². The van der Waals surface area contributed by atoms with Crippen LogP contribution in [0.3, 0.4) is 0 Å². The summed E-state index contributed by atoms with van der Waals surface area (Å²) in [6.07, 6.45) is 3.95. The van der Waals surface area contributed by atoms with Crippen LogP contribution in [0.2, 0.25) is 0 Å². The minimum Gasteiger partial charge on any atom is -0.492 e. The van der Waals surface area contributed by atoms with Gasteiger partial charge in [-0.3, -0.25) is 9.69 Å². The van der Waals surface area contributed by atoms with Crippen LogP contribution in [0.5, 0.6) is 5.75 Å². The van der Waals surface area contributed by atoms with E-state index in [2.05, 4.69) is 16.7 Å². The van der Waals surface area contributed by atoms with E-state index in [1.165, 1.54) is 11.8 Å². The molecule has 0 unspecified atom stereocenters. The number of amides is 1. The van der Waals surface area contributed by atoms with E-state index in [4.69, 9.17) is 17.0 Å². The smallest absolute Gasteiger partial charge is 0.270 e. The topological polar surface area (TPSA) is 34.5 Å². The van der Waals surface area contributed by atoms with Crippen LogP contribution in [-0.4, -0.2) is 21.4 Å². The number of para-hydroxylation sites is 3. The van der Waals surface area contributed by atoms with E-state index >= 15 is 0 Å². The maximum Gasteiger partial charge on any atom is 0.270 e. The Morgan fingerprint density at radius 1 is 1.15 bits per heavy atom. The van der Waals surface area contributed by atoms with Crippen LogP contribution >= 0.6 is 24.0 Å². The molecule has 0 N–H and O–H groups in total. The summed E-state index contributed by atoms with van der Waals surface area (Å²) in [5.41, 5.74) is 2.82. The fraction of sp³-hybridized carbons (Fsp3) is 0.143. The van der Waals surface area contributed by atoms with Crippen molar-refractivity contribution in [2.45, 2.75) is 6.92 Å². The predicted molar refractivity (Wildman–Crippen MR) is 116 cm³/mol. The molecule has 6 heteroatoms.